The van der Waals surface area contributed by atoms with Crippen LogP contribution in [0, 0.1) is 6.92 Å². The summed E-state index contributed by atoms with van der Waals surface area (Å²) in [7, 11) is 0. The predicted molar refractivity (Wildman–Crippen MR) is 110 cm³/mol. The van der Waals surface area contributed by atoms with Gasteiger partial charge in [-0.15, -0.1) is 35.3 Å². The second kappa shape index (κ2) is 12.0. The van der Waals surface area contributed by atoms with Crippen LogP contribution >= 0.6 is 35.3 Å². The minimum absolute atomic E-state index is 0. The van der Waals surface area contributed by atoms with E-state index in [0.717, 1.165) is 38.6 Å². The lowest BCUT2D eigenvalue weighted by atomic mass is 10.1. The van der Waals surface area contributed by atoms with Crippen molar-refractivity contribution < 1.29 is 0 Å². The molecule has 0 spiro atoms. The quantitative estimate of drug-likeness (QED) is 0.380. The molecule has 0 aromatic carbocycles. The zero-order chi connectivity index (χ0) is 15.6. The number of likely N-dealkylation sites (tertiary alicyclic amines) is 1. The number of hydrogen-bond donors (Lipinski definition) is 2. The molecule has 1 saturated heterocycles. The van der Waals surface area contributed by atoms with Gasteiger partial charge >= 0.3 is 0 Å². The average Bonchev–Trinajstić information content (AvgIpc) is 2.94. The number of aryl methyl sites for hydroxylation is 1. The first-order chi connectivity index (χ1) is 10.8. The monoisotopic (exact) mass is 451 g/mol. The second-order valence-electron chi connectivity index (χ2n) is 5.70. The number of thiazole rings is 1. The van der Waals surface area contributed by atoms with Crippen LogP contribution in [0.1, 0.15) is 36.1 Å². The standard InChI is InChI=1S/C16H29N5S.HI/c1-3-17-16(18-8-7-15-20-13-14(2)22-15)19-9-12-21-10-5-4-6-11-21;/h13H,3-12H2,1-2H3,(H2,17,18,19);1H. The Hall–Kier alpha value is -0.410. The summed E-state index contributed by atoms with van der Waals surface area (Å²) >= 11 is 1.77. The molecule has 5 nitrogen and oxygen atoms in total. The van der Waals surface area contributed by atoms with E-state index in [-0.39, 0.29) is 24.0 Å². The fourth-order valence-electron chi connectivity index (χ4n) is 2.63. The summed E-state index contributed by atoms with van der Waals surface area (Å²) < 4.78 is 0. The molecule has 2 heterocycles. The summed E-state index contributed by atoms with van der Waals surface area (Å²) in [5, 5.41) is 7.91. The van der Waals surface area contributed by atoms with Crippen LogP contribution in [0.2, 0.25) is 0 Å². The highest BCUT2D eigenvalue weighted by atomic mass is 127. The van der Waals surface area contributed by atoms with Gasteiger partial charge in [-0.1, -0.05) is 6.42 Å². The summed E-state index contributed by atoms with van der Waals surface area (Å²) in [5.74, 6) is 0.924. The molecular weight excluding hydrogens is 421 g/mol. The molecule has 132 valence electrons. The first-order valence-corrected chi connectivity index (χ1v) is 9.25. The van der Waals surface area contributed by atoms with Crippen LogP contribution in [0.5, 0.6) is 0 Å². The van der Waals surface area contributed by atoms with Crippen LogP contribution < -0.4 is 10.6 Å². The molecule has 0 bridgehead atoms. The first kappa shape index (κ1) is 20.6. The molecule has 23 heavy (non-hydrogen) atoms. The van der Waals surface area contributed by atoms with Gasteiger partial charge < -0.3 is 15.5 Å². The van der Waals surface area contributed by atoms with E-state index in [0.29, 0.717) is 0 Å². The third kappa shape index (κ3) is 8.30. The Balaban J connectivity index is 0.00000264. The number of guanidine groups is 1. The lowest BCUT2D eigenvalue weighted by molar-refractivity contribution is 0.235. The Labute approximate surface area is 161 Å². The molecule has 1 aromatic heterocycles. The molecule has 1 aromatic rings. The van der Waals surface area contributed by atoms with E-state index in [1.165, 1.54) is 42.2 Å². The van der Waals surface area contributed by atoms with Crippen molar-refractivity contribution in [2.24, 2.45) is 4.99 Å². The van der Waals surface area contributed by atoms with Gasteiger partial charge in [-0.25, -0.2) is 4.98 Å². The van der Waals surface area contributed by atoms with Gasteiger partial charge in [0, 0.05) is 37.1 Å². The Kier molecular flexibility index (Phi) is 10.8. The molecule has 1 aliphatic heterocycles. The van der Waals surface area contributed by atoms with E-state index < -0.39 is 0 Å². The molecule has 1 fully saturated rings. The maximum Gasteiger partial charge on any atom is 0.191 e. The lowest BCUT2D eigenvalue weighted by Gasteiger charge is -2.25. The van der Waals surface area contributed by atoms with Crippen molar-refractivity contribution in [2.75, 3.05) is 39.3 Å². The van der Waals surface area contributed by atoms with Gasteiger partial charge in [-0.2, -0.15) is 0 Å². The first-order valence-electron chi connectivity index (χ1n) is 8.44. The molecular formula is C16H30IN5S. The number of piperidine rings is 1. The zero-order valence-electron chi connectivity index (χ0n) is 14.3. The van der Waals surface area contributed by atoms with E-state index in [4.69, 9.17) is 0 Å². The number of nitrogens with one attached hydrogen (secondary N) is 2. The largest absolute Gasteiger partial charge is 0.357 e. The minimum Gasteiger partial charge on any atom is -0.357 e. The SMILES string of the molecule is CCNC(=NCCN1CCCCC1)NCCc1ncc(C)s1.I. The van der Waals surface area contributed by atoms with Gasteiger partial charge in [0.1, 0.15) is 0 Å². The van der Waals surface area contributed by atoms with Gasteiger partial charge in [-0.3, -0.25) is 4.99 Å². The minimum atomic E-state index is 0. The van der Waals surface area contributed by atoms with E-state index in [1.54, 1.807) is 11.3 Å². The van der Waals surface area contributed by atoms with Crippen LogP contribution in [0.25, 0.3) is 0 Å². The van der Waals surface area contributed by atoms with Gasteiger partial charge in [-0.05, 0) is 39.8 Å². The fourth-order valence-corrected chi connectivity index (χ4v) is 3.42. The second-order valence-corrected chi connectivity index (χ2v) is 7.02. The van der Waals surface area contributed by atoms with Gasteiger partial charge in [0.25, 0.3) is 0 Å². The van der Waals surface area contributed by atoms with Crippen LogP contribution in [0.3, 0.4) is 0 Å². The lowest BCUT2D eigenvalue weighted by Crippen LogP contribution is -2.39. The average molecular weight is 451 g/mol. The van der Waals surface area contributed by atoms with Crippen molar-refractivity contribution in [1.29, 1.82) is 0 Å². The zero-order valence-corrected chi connectivity index (χ0v) is 17.5. The summed E-state index contributed by atoms with van der Waals surface area (Å²) in [4.78, 5) is 12.9. The van der Waals surface area contributed by atoms with Crippen LogP contribution in [0.15, 0.2) is 11.2 Å². The van der Waals surface area contributed by atoms with Crippen molar-refractivity contribution in [3.63, 3.8) is 0 Å². The van der Waals surface area contributed by atoms with Crippen LogP contribution in [-0.4, -0.2) is 55.1 Å². The number of halogens is 1. The number of aromatic nitrogens is 1. The number of nitrogens with zero attached hydrogens (tertiary/aromatic N) is 3. The highest BCUT2D eigenvalue weighted by Gasteiger charge is 2.09. The van der Waals surface area contributed by atoms with E-state index in [2.05, 4.69) is 39.4 Å². The fraction of sp³-hybridized carbons (Fsp3) is 0.750. The van der Waals surface area contributed by atoms with Crippen LogP contribution in [0.4, 0.5) is 0 Å². The highest BCUT2D eigenvalue weighted by Crippen LogP contribution is 2.11. The summed E-state index contributed by atoms with van der Waals surface area (Å²) in [6.07, 6.45) is 6.97. The molecule has 0 radical (unpaired) electrons. The van der Waals surface area contributed by atoms with Gasteiger partial charge in [0.05, 0.1) is 11.6 Å². The van der Waals surface area contributed by atoms with Crippen molar-refractivity contribution in [3.8, 4) is 0 Å². The third-order valence-corrected chi connectivity index (χ3v) is 4.75. The Morgan fingerprint density at radius 2 is 2.09 bits per heavy atom. The predicted octanol–water partition coefficient (Wildman–Crippen LogP) is 2.65. The summed E-state index contributed by atoms with van der Waals surface area (Å²) in [5.41, 5.74) is 0. The summed E-state index contributed by atoms with van der Waals surface area (Å²) in [6.45, 7) is 10.4. The maximum absolute atomic E-state index is 4.68. The molecule has 7 heteroatoms. The molecule has 0 saturated carbocycles. The van der Waals surface area contributed by atoms with Crippen molar-refractivity contribution >= 4 is 41.3 Å². The van der Waals surface area contributed by atoms with Gasteiger partial charge in [0.15, 0.2) is 5.96 Å². The topological polar surface area (TPSA) is 52.6 Å². The molecule has 1 aliphatic rings. The maximum atomic E-state index is 4.68. The number of rotatable bonds is 7. The summed E-state index contributed by atoms with van der Waals surface area (Å²) in [6, 6.07) is 0. The Bertz CT molecular complexity index is 457. The molecule has 0 atom stereocenters. The van der Waals surface area contributed by atoms with Crippen molar-refractivity contribution in [2.45, 2.75) is 39.5 Å². The smallest absolute Gasteiger partial charge is 0.191 e. The molecule has 2 N–H and O–H groups in total. The third-order valence-electron chi connectivity index (χ3n) is 3.78. The molecule has 0 amide bonds. The normalized spacial score (nSPS) is 16.0. The molecule has 0 unspecified atom stereocenters. The molecule has 2 rings (SSSR count). The van der Waals surface area contributed by atoms with E-state index in [1.807, 2.05) is 6.20 Å². The number of hydrogen-bond acceptors (Lipinski definition) is 4. The van der Waals surface area contributed by atoms with Gasteiger partial charge in [0.2, 0.25) is 0 Å². The van der Waals surface area contributed by atoms with E-state index >= 15 is 0 Å². The highest BCUT2D eigenvalue weighted by molar-refractivity contribution is 14.0. The van der Waals surface area contributed by atoms with Crippen molar-refractivity contribution in [1.82, 2.24) is 20.5 Å². The van der Waals surface area contributed by atoms with E-state index in [9.17, 15) is 0 Å². The Morgan fingerprint density at radius 1 is 1.30 bits per heavy atom. The van der Waals surface area contributed by atoms with Crippen molar-refractivity contribution in [3.05, 3.63) is 16.1 Å². The Morgan fingerprint density at radius 3 is 2.74 bits per heavy atom. The van der Waals surface area contributed by atoms with Crippen LogP contribution in [-0.2, 0) is 6.42 Å². The molecule has 0 aliphatic carbocycles. The number of aliphatic imine (C=N–C) groups is 1.